The Bertz CT molecular complexity index is 466. The maximum absolute atomic E-state index is 11.9. The highest BCUT2D eigenvalue weighted by Crippen LogP contribution is 2.28. The van der Waals surface area contributed by atoms with E-state index < -0.39 is 12.0 Å². The number of benzene rings is 1. The molecule has 1 aromatic carbocycles. The SMILES string of the molecule is O=C(CCCC1CCCC1)N[C@H](C(=O)O)c1ccccc1. The van der Waals surface area contributed by atoms with Crippen LogP contribution in [-0.2, 0) is 9.59 Å². The van der Waals surface area contributed by atoms with Crippen molar-refractivity contribution in [2.75, 3.05) is 0 Å². The van der Waals surface area contributed by atoms with Crippen molar-refractivity contribution in [1.82, 2.24) is 5.32 Å². The fourth-order valence-electron chi connectivity index (χ4n) is 3.02. The van der Waals surface area contributed by atoms with Crippen LogP contribution in [0.3, 0.4) is 0 Å². The summed E-state index contributed by atoms with van der Waals surface area (Å²) in [6.45, 7) is 0. The quantitative estimate of drug-likeness (QED) is 0.809. The van der Waals surface area contributed by atoms with Crippen molar-refractivity contribution in [1.29, 1.82) is 0 Å². The standard InChI is InChI=1S/C17H23NO3/c19-15(12-6-9-13-7-4-5-8-13)18-16(17(20)21)14-10-2-1-3-11-14/h1-3,10-11,13,16H,4-9,12H2,(H,18,19)(H,20,21)/t16-/m0/s1. The number of rotatable bonds is 7. The van der Waals surface area contributed by atoms with Crippen molar-refractivity contribution in [3.05, 3.63) is 35.9 Å². The molecule has 114 valence electrons. The molecular weight excluding hydrogens is 266 g/mol. The number of amides is 1. The first-order valence-corrected chi connectivity index (χ1v) is 7.74. The third kappa shape index (κ3) is 4.88. The lowest BCUT2D eigenvalue weighted by Gasteiger charge is -2.15. The number of carbonyl (C=O) groups is 2. The molecule has 2 N–H and O–H groups in total. The molecule has 0 heterocycles. The number of nitrogens with one attached hydrogen (secondary N) is 1. The zero-order valence-electron chi connectivity index (χ0n) is 12.3. The van der Waals surface area contributed by atoms with Gasteiger partial charge >= 0.3 is 5.97 Å². The summed E-state index contributed by atoms with van der Waals surface area (Å²) >= 11 is 0. The van der Waals surface area contributed by atoms with Gasteiger partial charge in [0.2, 0.25) is 5.91 Å². The Hall–Kier alpha value is -1.84. The van der Waals surface area contributed by atoms with Gasteiger partial charge in [-0.25, -0.2) is 4.79 Å². The summed E-state index contributed by atoms with van der Waals surface area (Å²) in [7, 11) is 0. The normalized spacial score (nSPS) is 16.6. The van der Waals surface area contributed by atoms with Crippen LogP contribution in [0.1, 0.15) is 56.6 Å². The minimum Gasteiger partial charge on any atom is -0.479 e. The molecule has 4 nitrogen and oxygen atoms in total. The molecule has 1 aliphatic rings. The highest BCUT2D eigenvalue weighted by atomic mass is 16.4. The van der Waals surface area contributed by atoms with Crippen molar-refractivity contribution in [3.8, 4) is 0 Å². The molecule has 1 atom stereocenters. The van der Waals surface area contributed by atoms with Gasteiger partial charge in [-0.2, -0.15) is 0 Å². The van der Waals surface area contributed by atoms with Crippen molar-refractivity contribution < 1.29 is 14.7 Å². The molecule has 0 spiro atoms. The van der Waals surface area contributed by atoms with E-state index in [1.54, 1.807) is 24.3 Å². The minimum atomic E-state index is -1.02. The van der Waals surface area contributed by atoms with Crippen LogP contribution in [0.4, 0.5) is 0 Å². The molecule has 1 fully saturated rings. The number of hydrogen-bond acceptors (Lipinski definition) is 2. The van der Waals surface area contributed by atoms with Crippen molar-refractivity contribution in [3.63, 3.8) is 0 Å². The second kappa shape index (κ2) is 7.81. The molecule has 0 bridgehead atoms. The van der Waals surface area contributed by atoms with Crippen LogP contribution in [0.5, 0.6) is 0 Å². The van der Waals surface area contributed by atoms with Gasteiger partial charge in [0.15, 0.2) is 6.04 Å². The van der Waals surface area contributed by atoms with Gasteiger partial charge in [0.05, 0.1) is 0 Å². The van der Waals surface area contributed by atoms with Gasteiger partial charge in [0.1, 0.15) is 0 Å². The van der Waals surface area contributed by atoms with Gasteiger partial charge in [0.25, 0.3) is 0 Å². The number of hydrogen-bond donors (Lipinski definition) is 2. The third-order valence-corrected chi connectivity index (χ3v) is 4.18. The second-order valence-electron chi connectivity index (χ2n) is 5.79. The van der Waals surface area contributed by atoms with E-state index in [0.29, 0.717) is 12.0 Å². The Kier molecular flexibility index (Phi) is 5.78. The smallest absolute Gasteiger partial charge is 0.330 e. The first-order valence-electron chi connectivity index (χ1n) is 7.74. The molecule has 4 heteroatoms. The Morgan fingerprint density at radius 1 is 1.19 bits per heavy atom. The summed E-state index contributed by atoms with van der Waals surface area (Å²) in [4.78, 5) is 23.2. The second-order valence-corrected chi connectivity index (χ2v) is 5.79. The summed E-state index contributed by atoms with van der Waals surface area (Å²) in [5, 5.41) is 11.9. The Labute approximate surface area is 125 Å². The van der Waals surface area contributed by atoms with Crippen LogP contribution >= 0.6 is 0 Å². The van der Waals surface area contributed by atoms with E-state index in [1.165, 1.54) is 25.7 Å². The minimum absolute atomic E-state index is 0.177. The van der Waals surface area contributed by atoms with Crippen LogP contribution in [0.2, 0.25) is 0 Å². The predicted molar refractivity (Wildman–Crippen MR) is 80.8 cm³/mol. The van der Waals surface area contributed by atoms with E-state index in [0.717, 1.165) is 18.8 Å². The number of carbonyl (C=O) groups excluding carboxylic acids is 1. The Morgan fingerprint density at radius 3 is 2.48 bits per heavy atom. The third-order valence-electron chi connectivity index (χ3n) is 4.18. The van der Waals surface area contributed by atoms with Crippen molar-refractivity contribution >= 4 is 11.9 Å². The fraction of sp³-hybridized carbons (Fsp3) is 0.529. The summed E-state index contributed by atoms with van der Waals surface area (Å²) in [6.07, 6.45) is 7.52. The lowest BCUT2D eigenvalue weighted by Crippen LogP contribution is -2.33. The van der Waals surface area contributed by atoms with Crippen molar-refractivity contribution in [2.45, 2.75) is 51.0 Å². The van der Waals surface area contributed by atoms with Gasteiger partial charge in [-0.15, -0.1) is 0 Å². The van der Waals surface area contributed by atoms with Gasteiger partial charge in [-0.3, -0.25) is 4.79 Å². The van der Waals surface area contributed by atoms with Gasteiger partial charge < -0.3 is 10.4 Å². The summed E-state index contributed by atoms with van der Waals surface area (Å²) in [5.74, 6) is -0.434. The van der Waals surface area contributed by atoms with Gasteiger partial charge in [0, 0.05) is 6.42 Å². The van der Waals surface area contributed by atoms with Crippen LogP contribution in [0.15, 0.2) is 30.3 Å². The van der Waals surface area contributed by atoms with Gasteiger partial charge in [-0.05, 0) is 24.3 Å². The molecule has 2 rings (SSSR count). The Balaban J connectivity index is 1.80. The van der Waals surface area contributed by atoms with E-state index >= 15 is 0 Å². The van der Waals surface area contributed by atoms with E-state index in [9.17, 15) is 14.7 Å². The zero-order valence-corrected chi connectivity index (χ0v) is 12.3. The Morgan fingerprint density at radius 2 is 1.86 bits per heavy atom. The predicted octanol–water partition coefficient (Wildman–Crippen LogP) is 3.29. The van der Waals surface area contributed by atoms with E-state index in [4.69, 9.17) is 0 Å². The van der Waals surface area contributed by atoms with Crippen LogP contribution in [0.25, 0.3) is 0 Å². The molecule has 0 aromatic heterocycles. The summed E-state index contributed by atoms with van der Waals surface area (Å²) in [5.41, 5.74) is 0.606. The van der Waals surface area contributed by atoms with Gasteiger partial charge in [-0.1, -0.05) is 56.0 Å². The molecule has 1 amide bonds. The average molecular weight is 289 g/mol. The largest absolute Gasteiger partial charge is 0.479 e. The first kappa shape index (κ1) is 15.5. The highest BCUT2D eigenvalue weighted by molar-refractivity contribution is 5.84. The summed E-state index contributed by atoms with van der Waals surface area (Å²) in [6, 6.07) is 7.86. The maximum atomic E-state index is 11.9. The average Bonchev–Trinajstić information content (AvgIpc) is 2.98. The topological polar surface area (TPSA) is 66.4 Å². The molecule has 1 aliphatic carbocycles. The summed E-state index contributed by atoms with van der Waals surface area (Å²) < 4.78 is 0. The highest BCUT2D eigenvalue weighted by Gasteiger charge is 2.22. The lowest BCUT2D eigenvalue weighted by molar-refractivity contribution is -0.142. The molecule has 0 unspecified atom stereocenters. The monoisotopic (exact) mass is 289 g/mol. The van der Waals surface area contributed by atoms with Crippen LogP contribution in [0, 0.1) is 5.92 Å². The fourth-order valence-corrected chi connectivity index (χ4v) is 3.02. The number of aliphatic carboxylic acids is 1. The first-order chi connectivity index (χ1) is 10.2. The van der Waals surface area contributed by atoms with Crippen LogP contribution in [-0.4, -0.2) is 17.0 Å². The lowest BCUT2D eigenvalue weighted by atomic mass is 10.0. The number of carboxylic acid groups (broad SMARTS) is 1. The molecule has 1 saturated carbocycles. The molecule has 0 aliphatic heterocycles. The maximum Gasteiger partial charge on any atom is 0.330 e. The number of carboxylic acids is 1. The molecule has 21 heavy (non-hydrogen) atoms. The molecule has 1 aromatic rings. The van der Waals surface area contributed by atoms with Crippen LogP contribution < -0.4 is 5.32 Å². The molecular formula is C17H23NO3. The zero-order chi connectivity index (χ0) is 15.1. The van der Waals surface area contributed by atoms with E-state index in [2.05, 4.69) is 5.32 Å². The molecule has 0 radical (unpaired) electrons. The van der Waals surface area contributed by atoms with Crippen molar-refractivity contribution in [2.24, 2.45) is 5.92 Å². The molecule has 0 saturated heterocycles. The van der Waals surface area contributed by atoms with E-state index in [-0.39, 0.29) is 5.91 Å². The van der Waals surface area contributed by atoms with E-state index in [1.807, 2.05) is 6.07 Å².